The summed E-state index contributed by atoms with van der Waals surface area (Å²) in [5.41, 5.74) is 1.69. The van der Waals surface area contributed by atoms with E-state index in [0.717, 1.165) is 17.7 Å². The molecular formula is C13H11Cl2NO2. The summed E-state index contributed by atoms with van der Waals surface area (Å²) in [5.74, 6) is -0.753. The van der Waals surface area contributed by atoms with Crippen LogP contribution >= 0.6 is 23.2 Å². The summed E-state index contributed by atoms with van der Waals surface area (Å²) in [6.45, 7) is 0. The van der Waals surface area contributed by atoms with E-state index in [9.17, 15) is 9.90 Å². The maximum absolute atomic E-state index is 11.3. The highest BCUT2D eigenvalue weighted by atomic mass is 35.5. The van der Waals surface area contributed by atoms with Gasteiger partial charge >= 0.3 is 5.97 Å². The minimum absolute atomic E-state index is 0.0219. The first-order valence-corrected chi connectivity index (χ1v) is 6.48. The Morgan fingerprint density at radius 3 is 2.89 bits per heavy atom. The number of benzene rings is 1. The third kappa shape index (κ3) is 1.70. The third-order valence-electron chi connectivity index (χ3n) is 3.65. The van der Waals surface area contributed by atoms with Crippen molar-refractivity contribution in [2.75, 3.05) is 5.32 Å². The lowest BCUT2D eigenvalue weighted by Crippen LogP contribution is -2.41. The number of allylic oxidation sites excluding steroid dienone is 2. The summed E-state index contributed by atoms with van der Waals surface area (Å²) < 4.78 is 0. The molecule has 3 rings (SSSR count). The van der Waals surface area contributed by atoms with Crippen LogP contribution in [0, 0.1) is 5.92 Å². The van der Waals surface area contributed by atoms with E-state index >= 15 is 0 Å². The number of halogens is 2. The van der Waals surface area contributed by atoms with Crippen LogP contribution in [0.15, 0.2) is 24.3 Å². The molecule has 18 heavy (non-hydrogen) atoms. The molecule has 0 spiro atoms. The number of hydrogen-bond acceptors (Lipinski definition) is 2. The molecule has 0 radical (unpaired) electrons. The highest BCUT2D eigenvalue weighted by Crippen LogP contribution is 2.48. The third-order valence-corrected chi connectivity index (χ3v) is 4.18. The zero-order valence-electron chi connectivity index (χ0n) is 9.36. The first kappa shape index (κ1) is 11.9. The summed E-state index contributed by atoms with van der Waals surface area (Å²) in [6, 6.07) is 2.85. The van der Waals surface area contributed by atoms with Gasteiger partial charge in [-0.05, 0) is 18.6 Å². The van der Waals surface area contributed by atoms with Crippen molar-refractivity contribution in [3.63, 3.8) is 0 Å². The molecule has 0 amide bonds. The summed E-state index contributed by atoms with van der Waals surface area (Å²) >= 11 is 12.2. The fraction of sp³-hybridized carbons (Fsp3) is 0.308. The quantitative estimate of drug-likeness (QED) is 0.775. The number of fused-ring (bicyclic) bond motifs is 3. The van der Waals surface area contributed by atoms with Gasteiger partial charge in [0.05, 0.1) is 0 Å². The van der Waals surface area contributed by atoms with Gasteiger partial charge in [0, 0.05) is 33.1 Å². The van der Waals surface area contributed by atoms with E-state index in [1.165, 1.54) is 0 Å². The number of aliphatic carboxylic acids is 1. The molecule has 94 valence electrons. The van der Waals surface area contributed by atoms with E-state index in [4.69, 9.17) is 23.2 Å². The largest absolute Gasteiger partial charge is 0.480 e. The predicted octanol–water partition coefficient (Wildman–Crippen LogP) is 3.53. The Balaban J connectivity index is 2.14. The molecule has 1 aromatic rings. The van der Waals surface area contributed by atoms with E-state index in [1.54, 1.807) is 12.1 Å². The SMILES string of the molecule is O=C(O)[C@H]1Nc2cc(Cl)cc(Cl)c2[C@@H]2C=CC[C@@H]12. The molecule has 5 heteroatoms. The number of carboxylic acids is 1. The first-order chi connectivity index (χ1) is 8.58. The van der Waals surface area contributed by atoms with Gasteiger partial charge in [0.25, 0.3) is 0 Å². The topological polar surface area (TPSA) is 49.3 Å². The van der Waals surface area contributed by atoms with Gasteiger partial charge in [-0.15, -0.1) is 0 Å². The van der Waals surface area contributed by atoms with E-state index < -0.39 is 12.0 Å². The van der Waals surface area contributed by atoms with Gasteiger partial charge in [-0.25, -0.2) is 4.79 Å². The monoisotopic (exact) mass is 283 g/mol. The minimum atomic E-state index is -0.838. The lowest BCUT2D eigenvalue weighted by atomic mass is 9.79. The molecule has 0 unspecified atom stereocenters. The van der Waals surface area contributed by atoms with Crippen LogP contribution in [-0.2, 0) is 4.79 Å². The van der Waals surface area contributed by atoms with Gasteiger partial charge in [0.15, 0.2) is 0 Å². The van der Waals surface area contributed by atoms with Crippen molar-refractivity contribution in [3.8, 4) is 0 Å². The van der Waals surface area contributed by atoms with E-state index in [-0.39, 0.29) is 11.8 Å². The van der Waals surface area contributed by atoms with Crippen molar-refractivity contribution in [2.45, 2.75) is 18.4 Å². The van der Waals surface area contributed by atoms with E-state index in [0.29, 0.717) is 10.0 Å². The van der Waals surface area contributed by atoms with Crippen molar-refractivity contribution >= 4 is 34.9 Å². The van der Waals surface area contributed by atoms with Crippen LogP contribution in [0.3, 0.4) is 0 Å². The zero-order chi connectivity index (χ0) is 12.9. The van der Waals surface area contributed by atoms with Crippen LogP contribution < -0.4 is 5.32 Å². The number of rotatable bonds is 1. The van der Waals surface area contributed by atoms with Crippen LogP contribution in [0.1, 0.15) is 17.9 Å². The Labute approximate surface area is 114 Å². The summed E-state index contributed by atoms with van der Waals surface area (Å²) in [7, 11) is 0. The normalized spacial score (nSPS) is 28.4. The first-order valence-electron chi connectivity index (χ1n) is 5.73. The lowest BCUT2D eigenvalue weighted by Gasteiger charge is -2.35. The Bertz CT molecular complexity index is 556. The zero-order valence-corrected chi connectivity index (χ0v) is 10.9. The van der Waals surface area contributed by atoms with Crippen molar-refractivity contribution in [2.24, 2.45) is 5.92 Å². The second-order valence-electron chi connectivity index (χ2n) is 4.66. The number of anilines is 1. The Hall–Kier alpha value is -1.19. The van der Waals surface area contributed by atoms with Gasteiger partial charge in [0.2, 0.25) is 0 Å². The molecule has 2 N–H and O–H groups in total. The van der Waals surface area contributed by atoms with Crippen molar-refractivity contribution in [1.82, 2.24) is 0 Å². The summed E-state index contributed by atoms with van der Waals surface area (Å²) in [6.07, 6.45) is 4.82. The predicted molar refractivity (Wildman–Crippen MR) is 71.5 cm³/mol. The van der Waals surface area contributed by atoms with E-state index in [2.05, 4.69) is 5.32 Å². The van der Waals surface area contributed by atoms with Gasteiger partial charge in [-0.2, -0.15) is 0 Å². The van der Waals surface area contributed by atoms with Gasteiger partial charge in [-0.3, -0.25) is 0 Å². The maximum Gasteiger partial charge on any atom is 0.326 e. The Kier molecular flexibility index (Phi) is 2.76. The number of carbonyl (C=O) groups is 1. The highest BCUT2D eigenvalue weighted by molar-refractivity contribution is 6.35. The highest BCUT2D eigenvalue weighted by Gasteiger charge is 2.41. The molecule has 2 aliphatic rings. The molecule has 1 heterocycles. The molecule has 3 nitrogen and oxygen atoms in total. The van der Waals surface area contributed by atoms with Crippen LogP contribution in [0.4, 0.5) is 5.69 Å². The fourth-order valence-electron chi connectivity index (χ4n) is 2.89. The van der Waals surface area contributed by atoms with Crippen molar-refractivity contribution in [1.29, 1.82) is 0 Å². The standard InChI is InChI=1S/C13H11Cl2NO2/c14-6-4-9(15)11-7-2-1-3-8(7)12(13(17)18)16-10(11)5-6/h1-2,4-5,7-8,12,16H,3H2,(H,17,18)/t7-,8-,12+/m1/s1. The average molecular weight is 284 g/mol. The maximum atomic E-state index is 11.3. The number of carboxylic acid groups (broad SMARTS) is 1. The average Bonchev–Trinajstić information content (AvgIpc) is 2.75. The second kappa shape index (κ2) is 4.18. The van der Waals surface area contributed by atoms with Crippen LogP contribution in [-0.4, -0.2) is 17.1 Å². The molecule has 0 saturated heterocycles. The second-order valence-corrected chi connectivity index (χ2v) is 5.51. The van der Waals surface area contributed by atoms with Gasteiger partial charge < -0.3 is 10.4 Å². The molecule has 0 fully saturated rings. The molecule has 0 saturated carbocycles. The van der Waals surface area contributed by atoms with Gasteiger partial charge in [0.1, 0.15) is 6.04 Å². The summed E-state index contributed by atoms with van der Waals surface area (Å²) in [5, 5.41) is 13.4. The van der Waals surface area contributed by atoms with Crippen LogP contribution in [0.5, 0.6) is 0 Å². The fourth-order valence-corrected chi connectivity index (χ4v) is 3.51. The Morgan fingerprint density at radius 2 is 2.17 bits per heavy atom. The van der Waals surface area contributed by atoms with Crippen molar-refractivity contribution in [3.05, 3.63) is 39.9 Å². The smallest absolute Gasteiger partial charge is 0.326 e. The molecular weight excluding hydrogens is 273 g/mol. The number of nitrogens with one attached hydrogen (secondary N) is 1. The van der Waals surface area contributed by atoms with Crippen molar-refractivity contribution < 1.29 is 9.90 Å². The molecule has 3 atom stereocenters. The lowest BCUT2D eigenvalue weighted by molar-refractivity contribution is -0.139. The van der Waals surface area contributed by atoms with Crippen LogP contribution in [0.25, 0.3) is 0 Å². The van der Waals surface area contributed by atoms with Crippen LogP contribution in [0.2, 0.25) is 10.0 Å². The molecule has 1 aromatic carbocycles. The molecule has 0 bridgehead atoms. The summed E-state index contributed by atoms with van der Waals surface area (Å²) in [4.78, 5) is 11.3. The molecule has 1 aliphatic heterocycles. The number of hydrogen-bond donors (Lipinski definition) is 2. The van der Waals surface area contributed by atoms with Gasteiger partial charge in [-0.1, -0.05) is 35.4 Å². The van der Waals surface area contributed by atoms with E-state index in [1.807, 2.05) is 12.2 Å². The molecule has 0 aromatic heterocycles. The Morgan fingerprint density at radius 1 is 1.39 bits per heavy atom. The molecule has 1 aliphatic carbocycles. The minimum Gasteiger partial charge on any atom is -0.480 e.